The van der Waals surface area contributed by atoms with Crippen LogP contribution in [-0.2, 0) is 52.4 Å². The Balaban J connectivity index is 3.41. The number of carbonyl (C=O) groups excluding carboxylic acids is 5. The Morgan fingerprint density at radius 3 is 1.75 bits per heavy atom. The molecule has 0 aliphatic carbocycles. The van der Waals surface area contributed by atoms with Crippen molar-refractivity contribution in [2.24, 2.45) is 0 Å². The van der Waals surface area contributed by atoms with Gasteiger partial charge in [-0.15, -0.1) is 0 Å². The molecule has 1 fully saturated rings. The van der Waals surface area contributed by atoms with Crippen molar-refractivity contribution in [1.29, 1.82) is 0 Å². The van der Waals surface area contributed by atoms with Gasteiger partial charge in [-0.3, -0.25) is 24.0 Å². The lowest BCUT2D eigenvalue weighted by atomic mass is 9.98. The van der Waals surface area contributed by atoms with Crippen molar-refractivity contribution in [2.75, 3.05) is 6.61 Å². The third-order valence-electron chi connectivity index (χ3n) is 4.32. The highest BCUT2D eigenvalue weighted by Crippen LogP contribution is 2.35. The molecule has 1 aliphatic rings. The first-order valence-electron chi connectivity index (χ1n) is 9.46. The van der Waals surface area contributed by atoms with Crippen LogP contribution in [0.15, 0.2) is 0 Å². The Bertz CT molecular complexity index is 739. The van der Waals surface area contributed by atoms with Gasteiger partial charge in [0.1, 0.15) is 27.8 Å². The number of ether oxygens (including phenoxy) is 6. The average molecular weight is 590 g/mol. The van der Waals surface area contributed by atoms with Gasteiger partial charge < -0.3 is 28.4 Å². The second-order valence-electron chi connectivity index (χ2n) is 7.15. The molecule has 0 amide bonds. The monoisotopic (exact) mass is 588 g/mol. The van der Waals surface area contributed by atoms with Crippen molar-refractivity contribution < 1.29 is 52.4 Å². The van der Waals surface area contributed by atoms with E-state index in [1.165, 1.54) is 13.8 Å². The molecule has 0 bridgehead atoms. The van der Waals surface area contributed by atoms with E-state index in [0.717, 1.165) is 20.8 Å². The lowest BCUT2D eigenvalue weighted by molar-refractivity contribution is -0.311. The zero-order valence-corrected chi connectivity index (χ0v) is 21.6. The molecule has 2 unspecified atom stereocenters. The molecule has 1 heterocycles. The van der Waals surface area contributed by atoms with Crippen LogP contribution < -0.4 is 0 Å². The van der Waals surface area contributed by atoms with Crippen LogP contribution in [0.4, 0.5) is 0 Å². The Morgan fingerprint density at radius 1 is 0.844 bits per heavy atom. The predicted octanol–water partition coefficient (Wildman–Crippen LogP) is 1.55. The quantitative estimate of drug-likeness (QED) is 0.220. The molecule has 0 spiro atoms. The molecule has 0 radical (unpaired) electrons. The van der Waals surface area contributed by atoms with Gasteiger partial charge in [0.25, 0.3) is 0 Å². The summed E-state index contributed by atoms with van der Waals surface area (Å²) in [5.74, 6) is -3.19. The first-order chi connectivity index (χ1) is 14.7. The molecule has 0 aromatic rings. The molecule has 182 valence electrons. The van der Waals surface area contributed by atoms with Crippen LogP contribution in [-0.4, -0.2) is 76.3 Å². The highest BCUT2D eigenvalue weighted by molar-refractivity contribution is 9.12. The van der Waals surface area contributed by atoms with E-state index < -0.39 is 63.9 Å². The van der Waals surface area contributed by atoms with Crippen molar-refractivity contribution >= 4 is 61.5 Å². The minimum atomic E-state index is -1.41. The molecule has 11 nitrogen and oxygen atoms in total. The topological polar surface area (TPSA) is 141 Å². The van der Waals surface area contributed by atoms with Gasteiger partial charge in [-0.2, -0.15) is 0 Å². The number of esters is 4. The number of Topliss-reactive ketones (excluding diaryl/α,β-unsaturated/α-hetero) is 1. The number of hydrogen-bond donors (Lipinski definition) is 0. The van der Waals surface area contributed by atoms with Gasteiger partial charge in [-0.25, -0.2) is 0 Å². The fraction of sp³-hybridized carbons (Fsp3) is 0.737. The Morgan fingerprint density at radius 2 is 1.31 bits per heavy atom. The summed E-state index contributed by atoms with van der Waals surface area (Å²) in [5.41, 5.74) is 0. The lowest BCUT2D eigenvalue weighted by Gasteiger charge is -2.45. The molecule has 1 aliphatic heterocycles. The van der Waals surface area contributed by atoms with E-state index in [1.807, 2.05) is 0 Å². The molecular formula is C19H26Br2O11. The summed E-state index contributed by atoms with van der Waals surface area (Å²) < 4.78 is 31.3. The largest absolute Gasteiger partial charge is 0.463 e. The van der Waals surface area contributed by atoms with Gasteiger partial charge in [0.15, 0.2) is 18.3 Å². The fourth-order valence-corrected chi connectivity index (χ4v) is 3.35. The van der Waals surface area contributed by atoms with Crippen LogP contribution in [0.1, 0.15) is 41.5 Å². The molecule has 1 rings (SSSR count). The van der Waals surface area contributed by atoms with Crippen LogP contribution in [0.25, 0.3) is 0 Å². The van der Waals surface area contributed by atoms with E-state index in [0.29, 0.717) is 0 Å². The second kappa shape index (κ2) is 12.1. The van der Waals surface area contributed by atoms with Gasteiger partial charge >= 0.3 is 23.9 Å². The summed E-state index contributed by atoms with van der Waals surface area (Å²) in [6.07, 6.45) is -6.60. The van der Waals surface area contributed by atoms with E-state index in [9.17, 15) is 24.0 Å². The number of rotatable bonds is 9. The molecule has 13 heteroatoms. The van der Waals surface area contributed by atoms with Crippen molar-refractivity contribution in [3.8, 4) is 0 Å². The average Bonchev–Trinajstić information content (AvgIpc) is 2.63. The van der Waals surface area contributed by atoms with Crippen molar-refractivity contribution in [3.63, 3.8) is 0 Å². The minimum absolute atomic E-state index is 0.287. The van der Waals surface area contributed by atoms with Crippen LogP contribution in [0.5, 0.6) is 0 Å². The van der Waals surface area contributed by atoms with E-state index in [2.05, 4.69) is 31.9 Å². The number of hydrogen-bond acceptors (Lipinski definition) is 11. The second-order valence-corrected chi connectivity index (χ2v) is 9.63. The Labute approximate surface area is 202 Å². The molecule has 0 aromatic carbocycles. The van der Waals surface area contributed by atoms with Crippen molar-refractivity contribution in [3.05, 3.63) is 0 Å². The summed E-state index contributed by atoms with van der Waals surface area (Å²) in [5, 5.41) is -0.992. The molecule has 0 saturated carbocycles. The Hall–Kier alpha value is -1.57. The normalized spacial score (nSPS) is 27.9. The maximum atomic E-state index is 12.0. The number of halogens is 2. The molecule has 1 saturated heterocycles. The zero-order chi connectivity index (χ0) is 24.8. The lowest BCUT2D eigenvalue weighted by Crippen LogP contribution is -2.63. The SMILES string of the molecule is CC(=O)OC[C@H]1O[C@@H](OC(Br)C(C)(Br)C(C)=O)[C@H](OC(C)=O)[C@@H](OC(C)=O)[C@@H]1OC(C)=O. The zero-order valence-electron chi connectivity index (χ0n) is 18.4. The van der Waals surface area contributed by atoms with Crippen LogP contribution in [0.3, 0.4) is 0 Å². The number of carbonyl (C=O) groups is 5. The highest BCUT2D eigenvalue weighted by Gasteiger charge is 2.54. The van der Waals surface area contributed by atoms with E-state index in [4.69, 9.17) is 28.4 Å². The summed E-state index contributed by atoms with van der Waals surface area (Å²) in [7, 11) is 0. The van der Waals surface area contributed by atoms with E-state index in [1.54, 1.807) is 6.92 Å². The fourth-order valence-electron chi connectivity index (χ4n) is 2.70. The van der Waals surface area contributed by atoms with E-state index in [-0.39, 0.29) is 12.4 Å². The highest BCUT2D eigenvalue weighted by atomic mass is 79.9. The predicted molar refractivity (Wildman–Crippen MR) is 114 cm³/mol. The van der Waals surface area contributed by atoms with Crippen molar-refractivity contribution in [1.82, 2.24) is 0 Å². The molecule has 0 aromatic heterocycles. The third kappa shape index (κ3) is 8.09. The molecule has 7 atom stereocenters. The smallest absolute Gasteiger partial charge is 0.303 e. The number of alkyl halides is 2. The first-order valence-corrected chi connectivity index (χ1v) is 11.2. The standard InChI is InChI=1S/C19H26Br2O11/c1-8(22)19(6,21)18(20)32-17-16(30-12(5)26)15(29-11(4)25)14(28-10(3)24)13(31-17)7-27-9(2)23/h13-18H,7H2,1-6H3/t13-,14-,15+,16-,17+,18?,19?/m1/s1. The first kappa shape index (κ1) is 28.5. The van der Waals surface area contributed by atoms with Crippen LogP contribution >= 0.6 is 31.9 Å². The Kier molecular flexibility index (Phi) is 10.7. The maximum Gasteiger partial charge on any atom is 0.303 e. The summed E-state index contributed by atoms with van der Waals surface area (Å²) in [6, 6.07) is 0. The van der Waals surface area contributed by atoms with Gasteiger partial charge in [0.2, 0.25) is 6.29 Å². The summed E-state index contributed by atoms with van der Waals surface area (Å²) >= 11 is 6.51. The van der Waals surface area contributed by atoms with Gasteiger partial charge in [-0.05, 0) is 13.8 Å². The molecule has 32 heavy (non-hydrogen) atoms. The molecular weight excluding hydrogens is 564 g/mol. The maximum absolute atomic E-state index is 12.0. The third-order valence-corrected chi connectivity index (χ3v) is 7.04. The number of ketones is 1. The van der Waals surface area contributed by atoms with Crippen molar-refractivity contribution in [2.45, 2.75) is 81.6 Å². The van der Waals surface area contributed by atoms with Gasteiger partial charge in [0, 0.05) is 27.7 Å². The van der Waals surface area contributed by atoms with Crippen LogP contribution in [0, 0.1) is 0 Å². The van der Waals surface area contributed by atoms with Gasteiger partial charge in [0.05, 0.1) is 0 Å². The van der Waals surface area contributed by atoms with Gasteiger partial charge in [-0.1, -0.05) is 31.9 Å². The minimum Gasteiger partial charge on any atom is -0.463 e. The van der Waals surface area contributed by atoms with E-state index >= 15 is 0 Å². The summed E-state index contributed by atoms with van der Waals surface area (Å²) in [4.78, 5) is 58.6. The summed E-state index contributed by atoms with van der Waals surface area (Å²) in [6.45, 7) is 7.00. The van der Waals surface area contributed by atoms with Crippen LogP contribution in [0.2, 0.25) is 0 Å². The molecule has 0 N–H and O–H groups in total.